The first-order valence-corrected chi connectivity index (χ1v) is 6.70. The van der Waals surface area contributed by atoms with Crippen molar-refractivity contribution in [1.82, 2.24) is 5.32 Å². The molecule has 0 unspecified atom stereocenters. The van der Waals surface area contributed by atoms with Crippen molar-refractivity contribution in [1.29, 1.82) is 0 Å². The lowest BCUT2D eigenvalue weighted by molar-refractivity contribution is -0.125. The van der Waals surface area contributed by atoms with Crippen molar-refractivity contribution in [3.63, 3.8) is 0 Å². The highest BCUT2D eigenvalue weighted by atomic mass is 16.5. The Morgan fingerprint density at radius 3 is 2.89 bits per heavy atom. The van der Waals surface area contributed by atoms with Crippen LogP contribution >= 0.6 is 0 Å². The van der Waals surface area contributed by atoms with Crippen LogP contribution in [0, 0.1) is 0 Å². The summed E-state index contributed by atoms with van der Waals surface area (Å²) in [4.78, 5) is 11.8. The number of ether oxygens (including phenoxy) is 1. The Hall–Kier alpha value is -1.39. The van der Waals surface area contributed by atoms with Gasteiger partial charge in [-0.2, -0.15) is 0 Å². The molecule has 1 heterocycles. The van der Waals surface area contributed by atoms with Gasteiger partial charge in [-0.15, -0.1) is 0 Å². The maximum atomic E-state index is 11.8. The minimum absolute atomic E-state index is 0.0822. The first-order chi connectivity index (χ1) is 8.94. The molecule has 1 amide bonds. The van der Waals surface area contributed by atoms with Crippen LogP contribution in [0.4, 0.5) is 5.69 Å². The number of hydrogen-bond donors (Lipinski definition) is 2. The van der Waals surface area contributed by atoms with Gasteiger partial charge in [0.25, 0.3) is 0 Å². The van der Waals surface area contributed by atoms with Crippen LogP contribution in [0.1, 0.15) is 31.9 Å². The molecule has 104 valence electrons. The van der Waals surface area contributed by atoms with E-state index in [0.717, 1.165) is 25.2 Å². The first-order valence-electron chi connectivity index (χ1n) is 6.70. The summed E-state index contributed by atoms with van der Waals surface area (Å²) in [5, 5.41) is 6.20. The SMILES string of the molecule is CC(C)(C)OCC(=O)Nc1ccc2c(c1)CNCC2. The predicted molar refractivity (Wildman–Crippen MR) is 76.2 cm³/mol. The largest absolute Gasteiger partial charge is 0.366 e. The third-order valence-corrected chi connectivity index (χ3v) is 3.01. The molecular weight excluding hydrogens is 240 g/mol. The zero-order valence-electron chi connectivity index (χ0n) is 11.9. The van der Waals surface area contributed by atoms with Gasteiger partial charge in [0, 0.05) is 12.2 Å². The van der Waals surface area contributed by atoms with Crippen LogP contribution in [-0.4, -0.2) is 24.7 Å². The van der Waals surface area contributed by atoms with Crippen molar-refractivity contribution in [2.24, 2.45) is 0 Å². The standard InChI is InChI=1S/C15H22N2O2/c1-15(2,3)19-10-14(18)17-13-5-4-11-6-7-16-9-12(11)8-13/h4-5,8,16H,6-7,9-10H2,1-3H3,(H,17,18). The summed E-state index contributed by atoms with van der Waals surface area (Å²) in [6, 6.07) is 6.09. The first kappa shape index (κ1) is 14.0. The summed E-state index contributed by atoms with van der Waals surface area (Å²) in [6.07, 6.45) is 1.05. The third kappa shape index (κ3) is 4.33. The van der Waals surface area contributed by atoms with E-state index in [0.29, 0.717) is 0 Å². The van der Waals surface area contributed by atoms with Gasteiger partial charge in [-0.05, 0) is 57.0 Å². The fraction of sp³-hybridized carbons (Fsp3) is 0.533. The van der Waals surface area contributed by atoms with Crippen molar-refractivity contribution >= 4 is 11.6 Å². The van der Waals surface area contributed by atoms with E-state index in [1.807, 2.05) is 32.9 Å². The molecule has 2 N–H and O–H groups in total. The van der Waals surface area contributed by atoms with E-state index in [2.05, 4.69) is 16.7 Å². The van der Waals surface area contributed by atoms with Gasteiger partial charge in [-0.3, -0.25) is 4.79 Å². The minimum Gasteiger partial charge on any atom is -0.366 e. The zero-order valence-corrected chi connectivity index (χ0v) is 11.9. The Labute approximate surface area is 114 Å². The van der Waals surface area contributed by atoms with E-state index in [9.17, 15) is 4.79 Å². The number of nitrogens with one attached hydrogen (secondary N) is 2. The van der Waals surface area contributed by atoms with Gasteiger partial charge in [0.2, 0.25) is 5.91 Å². The second-order valence-corrected chi connectivity index (χ2v) is 5.86. The van der Waals surface area contributed by atoms with Crippen molar-refractivity contribution in [3.8, 4) is 0 Å². The highest BCUT2D eigenvalue weighted by Gasteiger charge is 2.14. The number of hydrogen-bond acceptors (Lipinski definition) is 3. The maximum Gasteiger partial charge on any atom is 0.250 e. The molecular formula is C15H22N2O2. The van der Waals surface area contributed by atoms with Crippen molar-refractivity contribution in [2.45, 2.75) is 39.3 Å². The molecule has 0 saturated carbocycles. The van der Waals surface area contributed by atoms with E-state index >= 15 is 0 Å². The zero-order chi connectivity index (χ0) is 13.9. The predicted octanol–water partition coefficient (Wildman–Crippen LogP) is 2.09. The number of rotatable bonds is 3. The summed E-state index contributed by atoms with van der Waals surface area (Å²) in [5.41, 5.74) is 3.17. The fourth-order valence-corrected chi connectivity index (χ4v) is 2.04. The monoisotopic (exact) mass is 262 g/mol. The lowest BCUT2D eigenvalue weighted by atomic mass is 10.0. The third-order valence-electron chi connectivity index (χ3n) is 3.01. The summed E-state index contributed by atoms with van der Waals surface area (Å²) in [6.45, 7) is 7.79. The highest BCUT2D eigenvalue weighted by Crippen LogP contribution is 2.19. The molecule has 0 fully saturated rings. The number of carbonyl (C=O) groups excluding carboxylic acids is 1. The van der Waals surface area contributed by atoms with E-state index in [1.54, 1.807) is 0 Å². The molecule has 0 radical (unpaired) electrons. The second-order valence-electron chi connectivity index (χ2n) is 5.86. The Bertz CT molecular complexity index is 464. The topological polar surface area (TPSA) is 50.4 Å². The number of benzene rings is 1. The van der Waals surface area contributed by atoms with Crippen LogP contribution in [0.2, 0.25) is 0 Å². The fourth-order valence-electron chi connectivity index (χ4n) is 2.04. The molecule has 0 bridgehead atoms. The van der Waals surface area contributed by atoms with Gasteiger partial charge in [0.05, 0.1) is 5.60 Å². The van der Waals surface area contributed by atoms with E-state index in [-0.39, 0.29) is 18.1 Å². The van der Waals surface area contributed by atoms with Crippen LogP contribution in [0.5, 0.6) is 0 Å². The van der Waals surface area contributed by atoms with Crippen LogP contribution in [0.15, 0.2) is 18.2 Å². The van der Waals surface area contributed by atoms with Crippen molar-refractivity contribution in [2.75, 3.05) is 18.5 Å². The smallest absolute Gasteiger partial charge is 0.250 e. The number of amides is 1. The molecule has 4 nitrogen and oxygen atoms in total. The Kier molecular flexibility index (Phi) is 4.22. The maximum absolute atomic E-state index is 11.8. The van der Waals surface area contributed by atoms with Crippen LogP contribution in [0.25, 0.3) is 0 Å². The normalized spacial score (nSPS) is 14.9. The summed E-state index contributed by atoms with van der Waals surface area (Å²) >= 11 is 0. The van der Waals surface area contributed by atoms with E-state index in [4.69, 9.17) is 4.74 Å². The summed E-state index contributed by atoms with van der Waals surface area (Å²) < 4.78 is 5.45. The molecule has 0 spiro atoms. The van der Waals surface area contributed by atoms with E-state index < -0.39 is 0 Å². The van der Waals surface area contributed by atoms with Crippen molar-refractivity contribution < 1.29 is 9.53 Å². The number of fused-ring (bicyclic) bond motifs is 1. The number of anilines is 1. The lowest BCUT2D eigenvalue weighted by Crippen LogP contribution is -2.27. The molecule has 1 aromatic rings. The highest BCUT2D eigenvalue weighted by molar-refractivity contribution is 5.91. The van der Waals surface area contributed by atoms with Gasteiger partial charge >= 0.3 is 0 Å². The van der Waals surface area contributed by atoms with Gasteiger partial charge in [-0.1, -0.05) is 6.07 Å². The summed E-state index contributed by atoms with van der Waals surface area (Å²) in [7, 11) is 0. The Morgan fingerprint density at radius 2 is 2.16 bits per heavy atom. The lowest BCUT2D eigenvalue weighted by Gasteiger charge is -2.20. The van der Waals surface area contributed by atoms with Gasteiger partial charge in [0.1, 0.15) is 6.61 Å². The van der Waals surface area contributed by atoms with E-state index in [1.165, 1.54) is 11.1 Å². The average molecular weight is 262 g/mol. The molecule has 1 aromatic carbocycles. The Morgan fingerprint density at radius 1 is 1.37 bits per heavy atom. The van der Waals surface area contributed by atoms with Crippen LogP contribution in [-0.2, 0) is 22.5 Å². The average Bonchev–Trinajstić information content (AvgIpc) is 2.35. The van der Waals surface area contributed by atoms with Gasteiger partial charge < -0.3 is 15.4 Å². The van der Waals surface area contributed by atoms with Crippen LogP contribution in [0.3, 0.4) is 0 Å². The summed E-state index contributed by atoms with van der Waals surface area (Å²) in [5.74, 6) is -0.112. The molecule has 1 aliphatic rings. The van der Waals surface area contributed by atoms with Gasteiger partial charge in [-0.25, -0.2) is 0 Å². The number of carbonyl (C=O) groups is 1. The molecule has 1 aliphatic heterocycles. The molecule has 19 heavy (non-hydrogen) atoms. The Balaban J connectivity index is 1.94. The molecule has 0 aromatic heterocycles. The van der Waals surface area contributed by atoms with Crippen LogP contribution < -0.4 is 10.6 Å². The molecule has 4 heteroatoms. The van der Waals surface area contributed by atoms with Gasteiger partial charge in [0.15, 0.2) is 0 Å². The second kappa shape index (κ2) is 5.72. The van der Waals surface area contributed by atoms with Crippen molar-refractivity contribution in [3.05, 3.63) is 29.3 Å². The molecule has 0 aliphatic carbocycles. The quantitative estimate of drug-likeness (QED) is 0.877. The molecule has 2 rings (SSSR count). The molecule has 0 atom stereocenters. The molecule has 0 saturated heterocycles. The minimum atomic E-state index is -0.295.